The number of para-hydroxylation sites is 1. The number of rotatable bonds is 3. The molecule has 0 bridgehead atoms. The molecule has 0 radical (unpaired) electrons. The summed E-state index contributed by atoms with van der Waals surface area (Å²) in [7, 11) is 0. The van der Waals surface area contributed by atoms with E-state index < -0.39 is 0 Å². The number of aromatic amines is 2. The van der Waals surface area contributed by atoms with E-state index in [0.717, 1.165) is 5.69 Å². The third-order valence-electron chi connectivity index (χ3n) is 2.77. The highest BCUT2D eigenvalue weighted by molar-refractivity contribution is 5.82. The Kier molecular flexibility index (Phi) is 2.96. The number of aliphatic imine (C=N–C) groups is 1. The molecule has 100 valence electrons. The zero-order chi connectivity index (χ0) is 13.9. The Morgan fingerprint density at radius 1 is 1.30 bits per heavy atom. The molecule has 20 heavy (non-hydrogen) atoms. The number of nitrogens with zero attached hydrogens (tertiary/aromatic N) is 5. The van der Waals surface area contributed by atoms with E-state index in [4.69, 9.17) is 0 Å². The summed E-state index contributed by atoms with van der Waals surface area (Å²) in [6, 6.07) is 9.31. The second-order valence-corrected chi connectivity index (χ2v) is 4.10. The van der Waals surface area contributed by atoms with Gasteiger partial charge in [0.15, 0.2) is 0 Å². The van der Waals surface area contributed by atoms with Crippen LogP contribution in [0.15, 0.2) is 40.1 Å². The highest BCUT2D eigenvalue weighted by atomic mass is 16.1. The third kappa shape index (κ3) is 2.14. The summed E-state index contributed by atoms with van der Waals surface area (Å²) in [6.45, 7) is 1.80. The number of aryl methyl sites for hydroxylation is 1. The first-order valence-electron chi connectivity index (χ1n) is 5.90. The molecule has 2 heterocycles. The van der Waals surface area contributed by atoms with E-state index in [-0.39, 0.29) is 11.5 Å². The van der Waals surface area contributed by atoms with Crippen LogP contribution in [0, 0.1) is 6.92 Å². The molecular formula is C12H11N7O. The highest BCUT2D eigenvalue weighted by Gasteiger charge is 2.10. The van der Waals surface area contributed by atoms with Crippen molar-refractivity contribution in [1.29, 1.82) is 0 Å². The lowest BCUT2D eigenvalue weighted by atomic mass is 10.3. The Labute approximate surface area is 113 Å². The Morgan fingerprint density at radius 3 is 2.80 bits per heavy atom. The van der Waals surface area contributed by atoms with Crippen LogP contribution in [-0.4, -0.2) is 36.6 Å². The van der Waals surface area contributed by atoms with Crippen molar-refractivity contribution in [1.82, 2.24) is 30.4 Å². The predicted molar refractivity (Wildman–Crippen MR) is 72.6 cm³/mol. The molecule has 8 nitrogen and oxygen atoms in total. The van der Waals surface area contributed by atoms with Gasteiger partial charge >= 0.3 is 0 Å². The number of hydrogen-bond acceptors (Lipinski definition) is 5. The minimum Gasteiger partial charge on any atom is -0.295 e. The van der Waals surface area contributed by atoms with Crippen LogP contribution in [0.25, 0.3) is 5.69 Å². The summed E-state index contributed by atoms with van der Waals surface area (Å²) in [6.07, 6.45) is 1.43. The average Bonchev–Trinajstić information content (AvgIpc) is 3.07. The first-order valence-corrected chi connectivity index (χ1v) is 5.90. The average molecular weight is 269 g/mol. The fourth-order valence-electron chi connectivity index (χ4n) is 1.80. The maximum atomic E-state index is 12.3. The largest absolute Gasteiger partial charge is 0.295 e. The molecule has 3 aromatic rings. The fraction of sp³-hybridized carbons (Fsp3) is 0.0833. The number of tetrazole rings is 1. The Morgan fingerprint density at radius 2 is 2.10 bits per heavy atom. The lowest BCUT2D eigenvalue weighted by molar-refractivity contribution is 0.835. The Bertz CT molecular complexity index is 783. The first-order chi connectivity index (χ1) is 9.75. The van der Waals surface area contributed by atoms with Gasteiger partial charge in [-0.25, -0.2) is 9.67 Å². The van der Waals surface area contributed by atoms with E-state index in [2.05, 4.69) is 30.7 Å². The monoisotopic (exact) mass is 269 g/mol. The molecule has 0 aliphatic rings. The van der Waals surface area contributed by atoms with Gasteiger partial charge < -0.3 is 0 Å². The second kappa shape index (κ2) is 4.92. The molecule has 0 saturated carbocycles. The second-order valence-electron chi connectivity index (χ2n) is 4.10. The molecular weight excluding hydrogens is 258 g/mol. The van der Waals surface area contributed by atoms with Crippen LogP contribution in [0.5, 0.6) is 0 Å². The van der Waals surface area contributed by atoms with Gasteiger partial charge in [-0.15, -0.1) is 5.10 Å². The smallest absolute Gasteiger partial charge is 0.288 e. The molecule has 0 saturated heterocycles. The van der Waals surface area contributed by atoms with Gasteiger partial charge in [0.2, 0.25) is 0 Å². The van der Waals surface area contributed by atoms with Crippen molar-refractivity contribution in [3.05, 3.63) is 51.9 Å². The maximum Gasteiger partial charge on any atom is 0.288 e. The van der Waals surface area contributed by atoms with E-state index in [1.54, 1.807) is 6.92 Å². The van der Waals surface area contributed by atoms with Gasteiger partial charge in [0.25, 0.3) is 11.5 Å². The summed E-state index contributed by atoms with van der Waals surface area (Å²) < 4.78 is 1.47. The summed E-state index contributed by atoms with van der Waals surface area (Å²) in [5, 5.41) is 16.1. The zero-order valence-corrected chi connectivity index (χ0v) is 10.6. The quantitative estimate of drug-likeness (QED) is 0.684. The summed E-state index contributed by atoms with van der Waals surface area (Å²) in [5.41, 5.74) is 1.76. The van der Waals surface area contributed by atoms with E-state index in [0.29, 0.717) is 11.3 Å². The van der Waals surface area contributed by atoms with Crippen molar-refractivity contribution in [2.75, 3.05) is 0 Å². The Balaban J connectivity index is 2.02. The van der Waals surface area contributed by atoms with Crippen LogP contribution in [0.4, 0.5) is 5.95 Å². The van der Waals surface area contributed by atoms with Crippen molar-refractivity contribution in [2.24, 2.45) is 4.99 Å². The van der Waals surface area contributed by atoms with E-state index in [1.807, 2.05) is 30.3 Å². The van der Waals surface area contributed by atoms with Crippen molar-refractivity contribution in [3.63, 3.8) is 0 Å². The topological polar surface area (TPSA) is 105 Å². The van der Waals surface area contributed by atoms with Crippen LogP contribution in [0.3, 0.4) is 0 Å². The minimum atomic E-state index is -0.180. The molecule has 2 N–H and O–H groups in total. The first kappa shape index (κ1) is 12.0. The van der Waals surface area contributed by atoms with Crippen molar-refractivity contribution in [2.45, 2.75) is 6.92 Å². The van der Waals surface area contributed by atoms with Gasteiger partial charge in [0.1, 0.15) is 0 Å². The molecule has 3 rings (SSSR count). The molecule has 0 fully saturated rings. The molecule has 8 heteroatoms. The van der Waals surface area contributed by atoms with Gasteiger partial charge in [-0.1, -0.05) is 23.3 Å². The lowest BCUT2D eigenvalue weighted by Crippen LogP contribution is -2.17. The molecule has 2 aromatic heterocycles. The van der Waals surface area contributed by atoms with Gasteiger partial charge in [-0.2, -0.15) is 5.21 Å². The summed E-state index contributed by atoms with van der Waals surface area (Å²) in [5.74, 6) is 0.177. The van der Waals surface area contributed by atoms with Crippen molar-refractivity contribution in [3.8, 4) is 5.69 Å². The number of nitrogens with one attached hydrogen (secondary N) is 2. The molecule has 1 aromatic carbocycles. The van der Waals surface area contributed by atoms with Crippen LogP contribution in [0.2, 0.25) is 0 Å². The molecule has 0 aliphatic carbocycles. The number of hydrogen-bond donors (Lipinski definition) is 2. The lowest BCUT2D eigenvalue weighted by Gasteiger charge is -1.99. The molecule has 0 unspecified atom stereocenters. The maximum absolute atomic E-state index is 12.3. The van der Waals surface area contributed by atoms with Crippen molar-refractivity contribution < 1.29 is 0 Å². The van der Waals surface area contributed by atoms with Gasteiger partial charge in [0.05, 0.1) is 11.3 Å². The standard InChI is InChI=1S/C12H11N7O/c1-8-10(7-13-12-14-17-18-15-12)11(20)19(16-8)9-5-3-2-4-6-9/h2-7,16H,1H3,(H,14,15,17,18)/b13-7+. The third-order valence-corrected chi connectivity index (χ3v) is 2.77. The molecule has 0 spiro atoms. The van der Waals surface area contributed by atoms with E-state index >= 15 is 0 Å². The highest BCUT2D eigenvalue weighted by Crippen LogP contribution is 2.06. The summed E-state index contributed by atoms with van der Waals surface area (Å²) in [4.78, 5) is 16.3. The normalized spacial score (nSPS) is 11.2. The SMILES string of the molecule is Cc1[nH]n(-c2ccccc2)c(=O)c1/C=N/c1nn[nH]n1. The predicted octanol–water partition coefficient (Wildman–Crippen LogP) is 0.738. The summed E-state index contributed by atoms with van der Waals surface area (Å²) >= 11 is 0. The molecule has 0 amide bonds. The molecule has 0 atom stereocenters. The number of aromatic nitrogens is 6. The number of H-pyrrole nitrogens is 2. The molecule has 0 aliphatic heterocycles. The van der Waals surface area contributed by atoms with E-state index in [1.165, 1.54) is 10.9 Å². The van der Waals surface area contributed by atoms with Gasteiger partial charge in [-0.05, 0) is 24.3 Å². The van der Waals surface area contributed by atoms with Crippen LogP contribution < -0.4 is 5.56 Å². The van der Waals surface area contributed by atoms with Crippen LogP contribution >= 0.6 is 0 Å². The van der Waals surface area contributed by atoms with Crippen LogP contribution in [-0.2, 0) is 0 Å². The zero-order valence-electron chi connectivity index (χ0n) is 10.6. The van der Waals surface area contributed by atoms with Crippen LogP contribution in [0.1, 0.15) is 11.3 Å². The van der Waals surface area contributed by atoms with Crippen molar-refractivity contribution >= 4 is 12.2 Å². The Hall–Kier alpha value is -3.03. The minimum absolute atomic E-state index is 0.177. The van der Waals surface area contributed by atoms with Gasteiger partial charge in [0, 0.05) is 11.9 Å². The number of benzene rings is 1. The van der Waals surface area contributed by atoms with Gasteiger partial charge in [-0.3, -0.25) is 9.89 Å². The fourth-order valence-corrected chi connectivity index (χ4v) is 1.80. The van der Waals surface area contributed by atoms with E-state index in [9.17, 15) is 4.79 Å².